The van der Waals surface area contributed by atoms with Crippen LogP contribution in [0.4, 0.5) is 5.82 Å². The van der Waals surface area contributed by atoms with E-state index in [0.717, 1.165) is 17.1 Å². The second-order valence-electron chi connectivity index (χ2n) is 6.23. The molecule has 0 radical (unpaired) electrons. The molecule has 0 aliphatic carbocycles. The van der Waals surface area contributed by atoms with Crippen molar-refractivity contribution in [1.82, 2.24) is 14.5 Å². The maximum atomic E-state index is 12.7. The molecule has 0 unspecified atom stereocenters. The second-order valence-corrected chi connectivity index (χ2v) is 7.18. The van der Waals surface area contributed by atoms with Gasteiger partial charge < -0.3 is 10.3 Å². The zero-order valence-electron chi connectivity index (χ0n) is 15.4. The minimum Gasteiger partial charge on any atom is -0.382 e. The summed E-state index contributed by atoms with van der Waals surface area (Å²) in [7, 11) is 0. The highest BCUT2D eigenvalue weighted by molar-refractivity contribution is 7.99. The summed E-state index contributed by atoms with van der Waals surface area (Å²) >= 11 is 1.21. The van der Waals surface area contributed by atoms with Crippen LogP contribution in [-0.2, 0) is 0 Å². The van der Waals surface area contributed by atoms with Crippen LogP contribution >= 0.6 is 11.8 Å². The molecule has 27 heavy (non-hydrogen) atoms. The highest BCUT2D eigenvalue weighted by Gasteiger charge is 2.17. The quantitative estimate of drug-likeness (QED) is 0.414. The molecule has 6 nitrogen and oxygen atoms in total. The predicted octanol–water partition coefficient (Wildman–Crippen LogP) is 3.62. The van der Waals surface area contributed by atoms with E-state index < -0.39 is 0 Å². The largest absolute Gasteiger partial charge is 0.382 e. The van der Waals surface area contributed by atoms with Gasteiger partial charge in [0.15, 0.2) is 10.9 Å². The van der Waals surface area contributed by atoms with Crippen molar-refractivity contribution in [3.8, 4) is 11.8 Å². The molecule has 2 aromatic heterocycles. The fourth-order valence-electron chi connectivity index (χ4n) is 2.95. The van der Waals surface area contributed by atoms with Crippen LogP contribution in [-0.4, -0.2) is 26.1 Å². The first-order chi connectivity index (χ1) is 12.9. The summed E-state index contributed by atoms with van der Waals surface area (Å²) in [5, 5.41) is 9.25. The summed E-state index contributed by atoms with van der Waals surface area (Å²) in [5.74, 6) is 0.322. The average Bonchev–Trinajstić information content (AvgIpc) is 2.94. The smallest absolute Gasteiger partial charge is 0.189 e. The number of hydrogen-bond acceptors (Lipinski definition) is 6. The Balaban J connectivity index is 1.81. The third-order valence-corrected chi connectivity index (χ3v) is 5.10. The third kappa shape index (κ3) is 3.86. The van der Waals surface area contributed by atoms with Crippen LogP contribution in [0.1, 0.15) is 32.9 Å². The number of rotatable bonds is 5. The molecule has 136 valence electrons. The molecule has 0 fully saturated rings. The number of ketones is 1. The maximum Gasteiger partial charge on any atom is 0.189 e. The monoisotopic (exact) mass is 377 g/mol. The van der Waals surface area contributed by atoms with Gasteiger partial charge in [-0.05, 0) is 44.5 Å². The van der Waals surface area contributed by atoms with Crippen LogP contribution in [0.3, 0.4) is 0 Å². The summed E-state index contributed by atoms with van der Waals surface area (Å²) < 4.78 is 2.08. The Morgan fingerprint density at radius 1 is 1.30 bits per heavy atom. The van der Waals surface area contributed by atoms with Gasteiger partial charge in [-0.25, -0.2) is 9.97 Å². The standard InChI is InChI=1S/C20H19N5OS/c1-12-5-4-6-16(7-12)25-13(2)8-17(14(25)3)18(26)11-27-20-23-10-15(9-21)19(22)24-20/h4-8,10H,11H2,1-3H3,(H2,22,23,24). The van der Waals surface area contributed by atoms with Crippen molar-refractivity contribution in [2.75, 3.05) is 11.5 Å². The van der Waals surface area contributed by atoms with Gasteiger partial charge >= 0.3 is 0 Å². The number of carbonyl (C=O) groups is 1. The predicted molar refractivity (Wildman–Crippen MR) is 106 cm³/mol. The number of aromatic nitrogens is 3. The maximum absolute atomic E-state index is 12.7. The first-order valence-corrected chi connectivity index (χ1v) is 9.34. The molecular formula is C20H19N5OS. The third-order valence-electron chi connectivity index (χ3n) is 4.24. The van der Waals surface area contributed by atoms with E-state index in [1.54, 1.807) is 0 Å². The number of hydrogen-bond donors (Lipinski definition) is 1. The Bertz CT molecular complexity index is 1060. The number of carbonyl (C=O) groups excluding carboxylic acids is 1. The summed E-state index contributed by atoms with van der Waals surface area (Å²) in [6, 6.07) is 12.0. The normalized spacial score (nSPS) is 10.6. The Labute approximate surface area is 162 Å². The molecule has 7 heteroatoms. The van der Waals surface area contributed by atoms with E-state index in [9.17, 15) is 4.79 Å². The van der Waals surface area contributed by atoms with E-state index in [2.05, 4.69) is 20.6 Å². The van der Waals surface area contributed by atoms with Crippen LogP contribution in [0.2, 0.25) is 0 Å². The fourth-order valence-corrected chi connectivity index (χ4v) is 3.66. The average molecular weight is 377 g/mol. The molecule has 0 aliphatic rings. The molecular weight excluding hydrogens is 358 g/mol. The van der Waals surface area contributed by atoms with E-state index in [1.807, 2.05) is 51.1 Å². The van der Waals surface area contributed by atoms with Crippen LogP contribution in [0, 0.1) is 32.1 Å². The lowest BCUT2D eigenvalue weighted by Crippen LogP contribution is -2.06. The minimum absolute atomic E-state index is 0.00136. The number of Topliss-reactive ketones (excluding diaryl/α,β-unsaturated/α-hetero) is 1. The van der Waals surface area contributed by atoms with Crippen molar-refractivity contribution in [1.29, 1.82) is 5.26 Å². The highest BCUT2D eigenvalue weighted by Crippen LogP contribution is 2.24. The van der Waals surface area contributed by atoms with Crippen LogP contribution in [0.15, 0.2) is 41.7 Å². The van der Waals surface area contributed by atoms with Gasteiger partial charge in [0.2, 0.25) is 0 Å². The second kappa shape index (κ2) is 7.64. The molecule has 0 spiro atoms. The van der Waals surface area contributed by atoms with E-state index in [4.69, 9.17) is 11.0 Å². The van der Waals surface area contributed by atoms with Gasteiger partial charge in [0, 0.05) is 22.6 Å². The Kier molecular flexibility index (Phi) is 5.28. The Morgan fingerprint density at radius 2 is 2.07 bits per heavy atom. The SMILES string of the molecule is Cc1cccc(-n2c(C)cc(C(=O)CSc3ncc(C#N)c(N)n3)c2C)c1. The Hall–Kier alpha value is -3.11. The summed E-state index contributed by atoms with van der Waals surface area (Å²) in [5.41, 5.74) is 10.7. The van der Waals surface area contributed by atoms with E-state index >= 15 is 0 Å². The van der Waals surface area contributed by atoms with Gasteiger partial charge in [-0.3, -0.25) is 4.79 Å². The fraction of sp³-hybridized carbons (Fsp3) is 0.200. The number of thioether (sulfide) groups is 1. The number of nitrogens with two attached hydrogens (primary N) is 1. The molecule has 0 aliphatic heterocycles. The van der Waals surface area contributed by atoms with Gasteiger partial charge in [-0.15, -0.1) is 0 Å². The first kappa shape index (κ1) is 18.7. The number of benzene rings is 1. The zero-order valence-corrected chi connectivity index (χ0v) is 16.2. The lowest BCUT2D eigenvalue weighted by Gasteiger charge is -2.10. The number of nitrogen functional groups attached to an aromatic ring is 1. The van der Waals surface area contributed by atoms with Crippen molar-refractivity contribution >= 4 is 23.4 Å². The highest BCUT2D eigenvalue weighted by atomic mass is 32.2. The van der Waals surface area contributed by atoms with Gasteiger partial charge in [0.25, 0.3) is 0 Å². The number of anilines is 1. The first-order valence-electron chi connectivity index (χ1n) is 8.35. The van der Waals surface area contributed by atoms with Gasteiger partial charge in [-0.1, -0.05) is 23.9 Å². The molecule has 2 N–H and O–H groups in total. The minimum atomic E-state index is -0.00136. The summed E-state index contributed by atoms with van der Waals surface area (Å²) in [6.07, 6.45) is 1.37. The van der Waals surface area contributed by atoms with Gasteiger partial charge in [0.1, 0.15) is 17.5 Å². The Morgan fingerprint density at radius 3 is 2.74 bits per heavy atom. The van der Waals surface area contributed by atoms with Crippen molar-refractivity contribution in [2.45, 2.75) is 25.9 Å². The molecule has 0 atom stereocenters. The van der Waals surface area contributed by atoms with Crippen molar-refractivity contribution in [3.05, 3.63) is 64.6 Å². The lowest BCUT2D eigenvalue weighted by atomic mass is 10.2. The lowest BCUT2D eigenvalue weighted by molar-refractivity contribution is 0.102. The summed E-state index contributed by atoms with van der Waals surface area (Å²) in [4.78, 5) is 20.9. The molecule has 3 aromatic rings. The molecule has 3 rings (SSSR count). The van der Waals surface area contributed by atoms with Gasteiger partial charge in [-0.2, -0.15) is 5.26 Å². The van der Waals surface area contributed by atoms with Gasteiger partial charge in [0.05, 0.1) is 11.9 Å². The molecule has 0 saturated heterocycles. The number of nitriles is 1. The molecule has 0 saturated carbocycles. The van der Waals surface area contributed by atoms with Crippen LogP contribution in [0.5, 0.6) is 0 Å². The van der Waals surface area contributed by atoms with Crippen LogP contribution in [0.25, 0.3) is 5.69 Å². The van der Waals surface area contributed by atoms with E-state index in [0.29, 0.717) is 10.7 Å². The van der Waals surface area contributed by atoms with Crippen molar-refractivity contribution in [2.24, 2.45) is 0 Å². The number of nitrogens with zero attached hydrogens (tertiary/aromatic N) is 4. The topological polar surface area (TPSA) is 97.6 Å². The molecule has 0 bridgehead atoms. The summed E-state index contributed by atoms with van der Waals surface area (Å²) in [6.45, 7) is 5.98. The van der Waals surface area contributed by atoms with E-state index in [-0.39, 0.29) is 22.9 Å². The van der Waals surface area contributed by atoms with Crippen LogP contribution < -0.4 is 5.73 Å². The van der Waals surface area contributed by atoms with Crippen molar-refractivity contribution in [3.63, 3.8) is 0 Å². The van der Waals surface area contributed by atoms with Crippen molar-refractivity contribution < 1.29 is 4.79 Å². The number of aryl methyl sites for hydroxylation is 2. The van der Waals surface area contributed by atoms with E-state index in [1.165, 1.54) is 23.5 Å². The molecule has 2 heterocycles. The molecule has 1 aromatic carbocycles. The molecule has 0 amide bonds. The zero-order chi connectivity index (χ0) is 19.6.